The van der Waals surface area contributed by atoms with Gasteiger partial charge in [-0.1, -0.05) is 66.7 Å². The minimum Gasteiger partial charge on any atom is -0.497 e. The van der Waals surface area contributed by atoms with Gasteiger partial charge >= 0.3 is 5.97 Å². The van der Waals surface area contributed by atoms with Crippen LogP contribution in [0.15, 0.2) is 78.9 Å². The largest absolute Gasteiger partial charge is 0.497 e. The zero-order valence-corrected chi connectivity index (χ0v) is 19.3. The summed E-state index contributed by atoms with van der Waals surface area (Å²) < 4.78 is 10.6. The molecule has 3 aliphatic rings. The number of rotatable bonds is 3. The van der Waals surface area contributed by atoms with Gasteiger partial charge in [0.05, 0.1) is 20.3 Å². The summed E-state index contributed by atoms with van der Waals surface area (Å²) in [5, 5.41) is 0. The number of nitrogens with zero attached hydrogens (tertiary/aromatic N) is 1. The zero-order valence-electron chi connectivity index (χ0n) is 19.3. The van der Waals surface area contributed by atoms with E-state index in [1.165, 1.54) is 7.11 Å². The summed E-state index contributed by atoms with van der Waals surface area (Å²) in [5.74, 6) is -1.14. The van der Waals surface area contributed by atoms with E-state index in [2.05, 4.69) is 0 Å². The van der Waals surface area contributed by atoms with Crippen LogP contribution in [0.2, 0.25) is 0 Å². The molecule has 3 atom stereocenters. The molecule has 2 aliphatic heterocycles. The highest BCUT2D eigenvalue weighted by Crippen LogP contribution is 2.60. The van der Waals surface area contributed by atoms with Gasteiger partial charge in [0.2, 0.25) is 0 Å². The standard InChI is InChI=1S/C29H23NO5/c1-34-19-14-11-18(12-15-19)24-25(28(33)35-2)30-22-10-6-3-7-17(22)13-16-23(30)29(24)26(31)20-8-4-5-9-21(20)27(29)32/h3-16,23-25H,1-2H3/t23-,24+,25-/m1/s1. The molecular weight excluding hydrogens is 442 g/mol. The Morgan fingerprint density at radius 1 is 0.857 bits per heavy atom. The predicted molar refractivity (Wildman–Crippen MR) is 131 cm³/mol. The first-order valence-corrected chi connectivity index (χ1v) is 11.5. The van der Waals surface area contributed by atoms with Crippen molar-refractivity contribution in [1.29, 1.82) is 0 Å². The fourth-order valence-corrected chi connectivity index (χ4v) is 6.19. The number of fused-ring (bicyclic) bond motifs is 5. The third-order valence-corrected chi connectivity index (χ3v) is 7.63. The Morgan fingerprint density at radius 3 is 2.11 bits per heavy atom. The Bertz CT molecular complexity index is 1370. The number of para-hydroxylation sites is 1. The Balaban J connectivity index is 1.67. The number of hydrogen-bond donors (Lipinski definition) is 0. The van der Waals surface area contributed by atoms with Gasteiger partial charge in [0.15, 0.2) is 11.6 Å². The fourth-order valence-electron chi connectivity index (χ4n) is 6.19. The van der Waals surface area contributed by atoms with Crippen molar-refractivity contribution in [2.45, 2.75) is 18.0 Å². The van der Waals surface area contributed by atoms with Crippen molar-refractivity contribution >= 4 is 29.3 Å². The molecule has 0 N–H and O–H groups in total. The maximum Gasteiger partial charge on any atom is 0.329 e. The number of anilines is 1. The SMILES string of the molecule is COC(=O)[C@H]1[C@H](c2ccc(OC)cc2)C2(C(=O)c3ccccc3C2=O)[C@H]2C=Cc3ccccc3N12. The van der Waals surface area contributed by atoms with Crippen LogP contribution in [0.1, 0.15) is 37.8 Å². The maximum absolute atomic E-state index is 14.3. The van der Waals surface area contributed by atoms with E-state index in [1.54, 1.807) is 43.5 Å². The second-order valence-corrected chi connectivity index (χ2v) is 9.06. The van der Waals surface area contributed by atoms with Crippen LogP contribution in [-0.2, 0) is 9.53 Å². The van der Waals surface area contributed by atoms with E-state index in [4.69, 9.17) is 9.47 Å². The molecule has 1 saturated heterocycles. The topological polar surface area (TPSA) is 72.9 Å². The number of benzene rings is 3. The minimum absolute atomic E-state index is 0.260. The molecule has 6 nitrogen and oxygen atoms in total. The van der Waals surface area contributed by atoms with Gasteiger partial charge in [-0.15, -0.1) is 0 Å². The molecule has 0 bridgehead atoms. The summed E-state index contributed by atoms with van der Waals surface area (Å²) in [6.07, 6.45) is 3.83. The van der Waals surface area contributed by atoms with E-state index < -0.39 is 29.4 Å². The summed E-state index contributed by atoms with van der Waals surface area (Å²) in [6.45, 7) is 0. The van der Waals surface area contributed by atoms with Crippen LogP contribution >= 0.6 is 0 Å². The monoisotopic (exact) mass is 465 g/mol. The van der Waals surface area contributed by atoms with Crippen molar-refractivity contribution in [3.8, 4) is 5.75 Å². The first kappa shape index (κ1) is 21.4. The van der Waals surface area contributed by atoms with E-state index in [0.29, 0.717) is 22.4 Å². The third kappa shape index (κ3) is 2.68. The Labute approximate surface area is 202 Å². The van der Waals surface area contributed by atoms with Crippen LogP contribution < -0.4 is 9.64 Å². The quantitative estimate of drug-likeness (QED) is 0.424. The Morgan fingerprint density at radius 2 is 1.49 bits per heavy atom. The molecule has 0 unspecified atom stereocenters. The number of Topliss-reactive ketones (excluding diaryl/α,β-unsaturated/α-hetero) is 2. The van der Waals surface area contributed by atoms with Gasteiger partial charge in [-0.05, 0) is 29.3 Å². The normalized spacial score (nSPS) is 23.1. The second kappa shape index (κ2) is 7.67. The molecule has 35 heavy (non-hydrogen) atoms. The number of carbonyl (C=O) groups excluding carboxylic acids is 3. The lowest BCUT2D eigenvalue weighted by Gasteiger charge is -2.36. The molecule has 2 heterocycles. The predicted octanol–water partition coefficient (Wildman–Crippen LogP) is 4.30. The number of hydrogen-bond acceptors (Lipinski definition) is 6. The highest BCUT2D eigenvalue weighted by Gasteiger charge is 2.71. The third-order valence-electron chi connectivity index (χ3n) is 7.63. The minimum atomic E-state index is -1.51. The molecule has 3 aromatic rings. The van der Waals surface area contributed by atoms with E-state index in [-0.39, 0.29) is 11.6 Å². The number of esters is 1. The number of methoxy groups -OCH3 is 2. The van der Waals surface area contributed by atoms with Gasteiger partial charge in [-0.3, -0.25) is 9.59 Å². The van der Waals surface area contributed by atoms with E-state index >= 15 is 0 Å². The first-order valence-electron chi connectivity index (χ1n) is 11.5. The highest BCUT2D eigenvalue weighted by molar-refractivity contribution is 6.32. The molecule has 0 radical (unpaired) electrons. The Hall–Kier alpha value is -4.19. The molecule has 174 valence electrons. The van der Waals surface area contributed by atoms with E-state index in [1.807, 2.05) is 53.5 Å². The van der Waals surface area contributed by atoms with Crippen molar-refractivity contribution in [3.63, 3.8) is 0 Å². The molecule has 1 fully saturated rings. The molecule has 6 heteroatoms. The van der Waals surface area contributed by atoms with Gasteiger partial charge in [0.25, 0.3) is 0 Å². The number of ketones is 2. The van der Waals surface area contributed by atoms with Gasteiger partial charge in [-0.25, -0.2) is 4.79 Å². The lowest BCUT2D eigenvalue weighted by molar-refractivity contribution is -0.142. The van der Waals surface area contributed by atoms with Crippen LogP contribution in [-0.4, -0.2) is 43.8 Å². The highest BCUT2D eigenvalue weighted by atomic mass is 16.5. The Kier molecular flexibility index (Phi) is 4.68. The van der Waals surface area contributed by atoms with Crippen molar-refractivity contribution in [1.82, 2.24) is 0 Å². The van der Waals surface area contributed by atoms with Crippen LogP contribution in [0.5, 0.6) is 5.75 Å². The lowest BCUT2D eigenvalue weighted by atomic mass is 9.65. The molecule has 6 rings (SSSR count). The second-order valence-electron chi connectivity index (χ2n) is 9.06. The molecule has 0 amide bonds. The van der Waals surface area contributed by atoms with E-state index in [9.17, 15) is 14.4 Å². The average Bonchev–Trinajstić information content (AvgIpc) is 3.35. The summed E-state index contributed by atoms with van der Waals surface area (Å²) >= 11 is 0. The molecule has 1 spiro atoms. The number of ether oxygens (including phenoxy) is 2. The number of carbonyl (C=O) groups is 3. The maximum atomic E-state index is 14.3. The summed E-state index contributed by atoms with van der Waals surface area (Å²) in [6, 6.07) is 20.3. The molecule has 1 aliphatic carbocycles. The van der Waals surface area contributed by atoms with Crippen LogP contribution in [0, 0.1) is 5.41 Å². The van der Waals surface area contributed by atoms with Gasteiger partial charge in [-0.2, -0.15) is 0 Å². The fraction of sp³-hybridized carbons (Fsp3) is 0.207. The van der Waals surface area contributed by atoms with Crippen molar-refractivity contribution in [3.05, 3.63) is 101 Å². The van der Waals surface area contributed by atoms with Crippen LogP contribution in [0.25, 0.3) is 6.08 Å². The zero-order chi connectivity index (χ0) is 24.3. The van der Waals surface area contributed by atoms with Crippen LogP contribution in [0.4, 0.5) is 5.69 Å². The summed E-state index contributed by atoms with van der Waals surface area (Å²) in [5.41, 5.74) is 1.70. The molecule has 0 aromatic heterocycles. The molecule has 3 aromatic carbocycles. The molecular formula is C29H23NO5. The van der Waals surface area contributed by atoms with E-state index in [0.717, 1.165) is 11.3 Å². The van der Waals surface area contributed by atoms with Crippen LogP contribution in [0.3, 0.4) is 0 Å². The van der Waals surface area contributed by atoms with Crippen molar-refractivity contribution < 1.29 is 23.9 Å². The van der Waals surface area contributed by atoms with Crippen molar-refractivity contribution in [2.24, 2.45) is 5.41 Å². The van der Waals surface area contributed by atoms with Crippen molar-refractivity contribution in [2.75, 3.05) is 19.1 Å². The lowest BCUT2D eigenvalue weighted by Crippen LogP contribution is -2.48. The molecule has 0 saturated carbocycles. The summed E-state index contributed by atoms with van der Waals surface area (Å²) in [4.78, 5) is 44.0. The smallest absolute Gasteiger partial charge is 0.329 e. The first-order chi connectivity index (χ1) is 17.0. The van der Waals surface area contributed by atoms with Gasteiger partial charge < -0.3 is 14.4 Å². The van der Waals surface area contributed by atoms with Gasteiger partial charge in [0.1, 0.15) is 17.2 Å². The average molecular weight is 466 g/mol. The summed E-state index contributed by atoms with van der Waals surface area (Å²) in [7, 11) is 2.91. The van der Waals surface area contributed by atoms with Gasteiger partial charge in [0, 0.05) is 22.7 Å².